The molecule has 0 aromatic carbocycles. The molecular formula is C20H40O4Si. The minimum atomic E-state index is -1.93. The summed E-state index contributed by atoms with van der Waals surface area (Å²) in [5.41, 5.74) is -0.538. The molecule has 0 radical (unpaired) electrons. The molecule has 0 aromatic heterocycles. The molecule has 2 saturated heterocycles. The molecule has 2 heterocycles. The Hall–Kier alpha value is 0.0569. The number of rotatable bonds is 7. The van der Waals surface area contributed by atoms with E-state index >= 15 is 0 Å². The van der Waals surface area contributed by atoms with Crippen LogP contribution in [0.4, 0.5) is 0 Å². The second-order valence-corrected chi connectivity index (χ2v) is 14.7. The highest BCUT2D eigenvalue weighted by molar-refractivity contribution is 6.74. The van der Waals surface area contributed by atoms with Crippen LogP contribution < -0.4 is 0 Å². The van der Waals surface area contributed by atoms with Gasteiger partial charge in [0.05, 0.1) is 5.60 Å². The Morgan fingerprint density at radius 3 is 2.20 bits per heavy atom. The Kier molecular flexibility index (Phi) is 5.89. The van der Waals surface area contributed by atoms with Crippen LogP contribution in [0.3, 0.4) is 0 Å². The molecule has 0 spiro atoms. The van der Waals surface area contributed by atoms with Crippen molar-refractivity contribution in [3.63, 3.8) is 0 Å². The first-order valence-corrected chi connectivity index (χ1v) is 12.8. The third kappa shape index (κ3) is 3.72. The van der Waals surface area contributed by atoms with E-state index in [0.717, 1.165) is 12.8 Å². The van der Waals surface area contributed by atoms with Crippen molar-refractivity contribution in [2.45, 2.75) is 116 Å². The maximum Gasteiger partial charge on any atom is 0.192 e. The average Bonchev–Trinajstić information content (AvgIpc) is 2.91. The number of ether oxygens (including phenoxy) is 3. The molecule has 2 bridgehead atoms. The molecule has 0 amide bonds. The fourth-order valence-electron chi connectivity index (χ4n) is 4.04. The zero-order valence-corrected chi connectivity index (χ0v) is 19.1. The summed E-state index contributed by atoms with van der Waals surface area (Å²) in [6.45, 7) is 22.8. The van der Waals surface area contributed by atoms with Crippen LogP contribution in [-0.2, 0) is 18.6 Å². The monoisotopic (exact) mass is 372 g/mol. The molecule has 148 valence electrons. The average molecular weight is 373 g/mol. The maximum absolute atomic E-state index is 6.90. The van der Waals surface area contributed by atoms with Gasteiger partial charge in [0.25, 0.3) is 0 Å². The summed E-state index contributed by atoms with van der Waals surface area (Å²) >= 11 is 0. The fraction of sp³-hybridized carbons (Fsp3) is 1.00. The molecule has 0 aliphatic carbocycles. The molecule has 1 unspecified atom stereocenters. The van der Waals surface area contributed by atoms with Crippen LogP contribution in [0.1, 0.15) is 68.2 Å². The van der Waals surface area contributed by atoms with E-state index in [9.17, 15) is 0 Å². The summed E-state index contributed by atoms with van der Waals surface area (Å²) < 4.78 is 25.7. The van der Waals surface area contributed by atoms with Gasteiger partial charge in [-0.3, -0.25) is 0 Å². The molecule has 4 nitrogen and oxygen atoms in total. The summed E-state index contributed by atoms with van der Waals surface area (Å²) in [6, 6.07) is 0. The molecule has 25 heavy (non-hydrogen) atoms. The second-order valence-electron chi connectivity index (χ2n) is 9.90. The van der Waals surface area contributed by atoms with Crippen molar-refractivity contribution in [2.75, 3.05) is 6.61 Å². The molecule has 5 heteroatoms. The number of fused-ring (bicyclic) bond motifs is 2. The van der Waals surface area contributed by atoms with Gasteiger partial charge in [-0.05, 0) is 57.7 Å². The number of hydrogen-bond acceptors (Lipinski definition) is 4. The lowest BCUT2D eigenvalue weighted by molar-refractivity contribution is -0.209. The van der Waals surface area contributed by atoms with Crippen molar-refractivity contribution in [1.29, 1.82) is 0 Å². The smallest absolute Gasteiger partial charge is 0.192 e. The molecule has 2 aliphatic heterocycles. The van der Waals surface area contributed by atoms with E-state index in [1.165, 1.54) is 0 Å². The zero-order chi connectivity index (χ0) is 19.3. The van der Waals surface area contributed by atoms with Crippen LogP contribution in [0.2, 0.25) is 18.1 Å². The largest absolute Gasteiger partial charge is 0.408 e. The molecule has 0 saturated carbocycles. The number of hydrogen-bond donors (Lipinski definition) is 0. The topological polar surface area (TPSA) is 36.9 Å². The molecule has 2 aliphatic rings. The van der Waals surface area contributed by atoms with Gasteiger partial charge in [-0.2, -0.15) is 0 Å². The third-order valence-corrected chi connectivity index (χ3v) is 11.2. The minimum absolute atomic E-state index is 0.0348. The van der Waals surface area contributed by atoms with Gasteiger partial charge in [-0.15, -0.1) is 0 Å². The van der Waals surface area contributed by atoms with Gasteiger partial charge < -0.3 is 18.6 Å². The predicted molar refractivity (Wildman–Crippen MR) is 104 cm³/mol. The molecular weight excluding hydrogens is 332 g/mol. The lowest BCUT2D eigenvalue weighted by Crippen LogP contribution is -2.58. The first-order valence-electron chi connectivity index (χ1n) is 9.94. The Morgan fingerprint density at radius 2 is 1.72 bits per heavy atom. The quantitative estimate of drug-likeness (QED) is 0.459. The Balaban J connectivity index is 2.34. The third-order valence-electron chi connectivity index (χ3n) is 6.74. The zero-order valence-electron chi connectivity index (χ0n) is 18.1. The van der Waals surface area contributed by atoms with Crippen molar-refractivity contribution >= 4 is 8.32 Å². The van der Waals surface area contributed by atoms with Gasteiger partial charge in [0.2, 0.25) is 0 Å². The van der Waals surface area contributed by atoms with Gasteiger partial charge in [0.1, 0.15) is 17.8 Å². The van der Waals surface area contributed by atoms with Crippen LogP contribution in [0.15, 0.2) is 0 Å². The van der Waals surface area contributed by atoms with Crippen molar-refractivity contribution < 1.29 is 18.6 Å². The van der Waals surface area contributed by atoms with Crippen LogP contribution in [0, 0.1) is 5.92 Å². The van der Waals surface area contributed by atoms with Crippen molar-refractivity contribution in [1.82, 2.24) is 0 Å². The van der Waals surface area contributed by atoms with Crippen LogP contribution in [0.25, 0.3) is 0 Å². The van der Waals surface area contributed by atoms with E-state index in [-0.39, 0.29) is 34.7 Å². The molecule has 0 N–H and O–H groups in total. The van der Waals surface area contributed by atoms with E-state index in [2.05, 4.69) is 54.6 Å². The lowest BCUT2D eigenvalue weighted by atomic mass is 9.73. The fourth-order valence-corrected chi connectivity index (χ4v) is 5.40. The predicted octanol–water partition coefficient (Wildman–Crippen LogP) is 5.12. The summed E-state index contributed by atoms with van der Waals surface area (Å²) in [5, 5.41) is 0.159. The van der Waals surface area contributed by atoms with E-state index in [0.29, 0.717) is 12.5 Å². The molecule has 2 fully saturated rings. The summed E-state index contributed by atoms with van der Waals surface area (Å²) in [7, 11) is -1.93. The van der Waals surface area contributed by atoms with Gasteiger partial charge in [-0.1, -0.05) is 34.6 Å². The van der Waals surface area contributed by atoms with Gasteiger partial charge >= 0.3 is 0 Å². The molecule has 5 atom stereocenters. The van der Waals surface area contributed by atoms with Crippen molar-refractivity contribution in [2.24, 2.45) is 5.92 Å². The highest BCUT2D eigenvalue weighted by Gasteiger charge is 2.68. The second kappa shape index (κ2) is 6.90. The molecule has 2 rings (SSSR count). The lowest BCUT2D eigenvalue weighted by Gasteiger charge is -2.46. The van der Waals surface area contributed by atoms with E-state index in [1.807, 2.05) is 13.8 Å². The van der Waals surface area contributed by atoms with Crippen molar-refractivity contribution in [3.05, 3.63) is 0 Å². The Labute approximate surface area is 156 Å². The van der Waals surface area contributed by atoms with Crippen LogP contribution in [0.5, 0.6) is 0 Å². The van der Waals surface area contributed by atoms with Gasteiger partial charge in [0.15, 0.2) is 14.6 Å². The molecule has 0 aromatic rings. The normalized spacial score (nSPS) is 37.1. The van der Waals surface area contributed by atoms with Gasteiger partial charge in [0, 0.05) is 6.61 Å². The summed E-state index contributed by atoms with van der Waals surface area (Å²) in [5.74, 6) is 0.376. The van der Waals surface area contributed by atoms with E-state index in [4.69, 9.17) is 18.6 Å². The van der Waals surface area contributed by atoms with Crippen LogP contribution >= 0.6 is 0 Å². The summed E-state index contributed by atoms with van der Waals surface area (Å²) in [4.78, 5) is 0. The first kappa shape index (κ1) is 21.4. The minimum Gasteiger partial charge on any atom is -0.408 e. The SMILES string of the molecule is CCOC(C)O[C@@H]1[C@@H](O[Si](C)(C)C(C)(C)C)[C@]2(C)CC[C@@]1(C(C)C)O2. The van der Waals surface area contributed by atoms with E-state index in [1.54, 1.807) is 0 Å². The highest BCUT2D eigenvalue weighted by atomic mass is 28.4. The summed E-state index contributed by atoms with van der Waals surface area (Å²) in [6.07, 6.45) is 1.70. The van der Waals surface area contributed by atoms with E-state index < -0.39 is 8.32 Å². The van der Waals surface area contributed by atoms with Crippen LogP contribution in [-0.4, -0.2) is 44.6 Å². The highest BCUT2D eigenvalue weighted by Crippen LogP contribution is 2.57. The maximum atomic E-state index is 6.90. The Morgan fingerprint density at radius 1 is 1.12 bits per heavy atom. The van der Waals surface area contributed by atoms with Crippen molar-refractivity contribution in [3.8, 4) is 0 Å². The Bertz CT molecular complexity index is 473. The standard InChI is InChI=1S/C20H40O4Si/c1-11-21-15(4)22-17-16(23-25(9,10)18(5,6)7)19(8)12-13-20(17,24-19)14(2)3/h14-17H,11-13H2,1-10H3/t15?,16-,17-,19+,20+/m1/s1. The van der Waals surface area contributed by atoms with Gasteiger partial charge in [-0.25, -0.2) is 0 Å². The first-order chi connectivity index (χ1) is 11.3.